The van der Waals surface area contributed by atoms with Gasteiger partial charge in [-0.25, -0.2) is 0 Å². The second kappa shape index (κ2) is 6.69. The zero-order valence-electron chi connectivity index (χ0n) is 11.5. The Morgan fingerprint density at radius 1 is 1.33 bits per heavy atom. The molecule has 0 spiro atoms. The lowest BCUT2D eigenvalue weighted by Gasteiger charge is -2.12. The van der Waals surface area contributed by atoms with E-state index < -0.39 is 4.92 Å². The molecule has 0 heterocycles. The van der Waals surface area contributed by atoms with Crippen LogP contribution in [0.4, 0.5) is 5.69 Å². The maximum absolute atomic E-state index is 11.1. The molecule has 2 rings (SSSR count). The van der Waals surface area contributed by atoms with Gasteiger partial charge in [0.05, 0.1) is 9.40 Å². The molecule has 6 heteroatoms. The molecular weight excluding hydrogens is 336 g/mol. The predicted octanol–water partition coefficient (Wildman–Crippen LogP) is 4.56. The van der Waals surface area contributed by atoms with E-state index in [0.717, 1.165) is 12.0 Å². The van der Waals surface area contributed by atoms with Crippen molar-refractivity contribution in [2.75, 3.05) is 0 Å². The van der Waals surface area contributed by atoms with Crippen molar-refractivity contribution in [2.24, 2.45) is 5.73 Å². The fourth-order valence-electron chi connectivity index (χ4n) is 1.90. The Balaban J connectivity index is 2.37. The predicted molar refractivity (Wildman–Crippen MR) is 84.5 cm³/mol. The number of rotatable bonds is 5. The molecular formula is C15H15BrN2O3. The second-order valence-electron chi connectivity index (χ2n) is 4.53. The highest BCUT2D eigenvalue weighted by Crippen LogP contribution is 2.38. The van der Waals surface area contributed by atoms with E-state index in [-0.39, 0.29) is 17.5 Å². The van der Waals surface area contributed by atoms with Crippen LogP contribution in [-0.2, 0) is 0 Å². The summed E-state index contributed by atoms with van der Waals surface area (Å²) in [6.07, 6.45) is 0.804. The molecule has 0 saturated carbocycles. The van der Waals surface area contributed by atoms with Crippen molar-refractivity contribution >= 4 is 21.6 Å². The Bertz CT molecular complexity index is 661. The van der Waals surface area contributed by atoms with Gasteiger partial charge in [-0.1, -0.05) is 25.1 Å². The van der Waals surface area contributed by atoms with E-state index in [1.54, 1.807) is 24.3 Å². The summed E-state index contributed by atoms with van der Waals surface area (Å²) in [5.74, 6) is 0.705. The third-order valence-corrected chi connectivity index (χ3v) is 3.71. The maximum Gasteiger partial charge on any atom is 0.312 e. The molecule has 2 aromatic carbocycles. The van der Waals surface area contributed by atoms with Gasteiger partial charge in [0.15, 0.2) is 0 Å². The summed E-state index contributed by atoms with van der Waals surface area (Å²) in [5, 5.41) is 11.1. The van der Waals surface area contributed by atoms with Crippen molar-refractivity contribution < 1.29 is 9.66 Å². The van der Waals surface area contributed by atoms with Crippen molar-refractivity contribution in [3.8, 4) is 11.5 Å². The Hall–Kier alpha value is -1.92. The zero-order chi connectivity index (χ0) is 15.4. The lowest BCUT2D eigenvalue weighted by atomic mass is 10.1. The van der Waals surface area contributed by atoms with E-state index in [9.17, 15) is 10.1 Å². The molecule has 0 amide bonds. The summed E-state index contributed by atoms with van der Waals surface area (Å²) in [6.45, 7) is 2.00. The van der Waals surface area contributed by atoms with Crippen molar-refractivity contribution in [2.45, 2.75) is 19.4 Å². The molecule has 1 unspecified atom stereocenters. The SMILES string of the molecule is CCC(N)c1cccc(Oc2c(Br)cccc2[N+](=O)[O-])c1. The van der Waals surface area contributed by atoms with E-state index in [4.69, 9.17) is 10.5 Å². The fourth-order valence-corrected chi connectivity index (χ4v) is 2.34. The van der Waals surface area contributed by atoms with E-state index in [2.05, 4.69) is 15.9 Å². The largest absolute Gasteiger partial charge is 0.449 e. The average molecular weight is 351 g/mol. The number of nitrogens with zero attached hydrogens (tertiary/aromatic N) is 1. The molecule has 0 aliphatic rings. The van der Waals surface area contributed by atoms with Crippen LogP contribution in [0.1, 0.15) is 24.9 Å². The molecule has 0 fully saturated rings. The van der Waals surface area contributed by atoms with Crippen molar-refractivity contribution in [3.05, 3.63) is 62.6 Å². The molecule has 2 aromatic rings. The first-order valence-electron chi connectivity index (χ1n) is 6.49. The summed E-state index contributed by atoms with van der Waals surface area (Å²) < 4.78 is 6.22. The van der Waals surface area contributed by atoms with Crippen LogP contribution >= 0.6 is 15.9 Å². The van der Waals surface area contributed by atoms with Crippen LogP contribution < -0.4 is 10.5 Å². The van der Waals surface area contributed by atoms with Gasteiger partial charge in [-0.15, -0.1) is 0 Å². The standard InChI is InChI=1S/C15H15BrN2O3/c1-2-13(17)10-5-3-6-11(9-10)21-15-12(16)7-4-8-14(15)18(19)20/h3-9,13H,2,17H2,1H3. The third-order valence-electron chi connectivity index (χ3n) is 3.09. The molecule has 5 nitrogen and oxygen atoms in total. The Morgan fingerprint density at radius 3 is 2.71 bits per heavy atom. The van der Waals surface area contributed by atoms with Gasteiger partial charge in [0.2, 0.25) is 5.75 Å². The lowest BCUT2D eigenvalue weighted by Crippen LogP contribution is -2.08. The van der Waals surface area contributed by atoms with Gasteiger partial charge in [-0.2, -0.15) is 0 Å². The van der Waals surface area contributed by atoms with E-state index in [1.807, 2.05) is 19.1 Å². The highest BCUT2D eigenvalue weighted by Gasteiger charge is 2.19. The van der Waals surface area contributed by atoms with Crippen molar-refractivity contribution in [1.29, 1.82) is 0 Å². The molecule has 0 bridgehead atoms. The molecule has 110 valence electrons. The number of ether oxygens (including phenoxy) is 1. The minimum Gasteiger partial charge on any atom is -0.449 e. The highest BCUT2D eigenvalue weighted by atomic mass is 79.9. The molecule has 1 atom stereocenters. The highest BCUT2D eigenvalue weighted by molar-refractivity contribution is 9.10. The topological polar surface area (TPSA) is 78.4 Å². The summed E-state index contributed by atoms with van der Waals surface area (Å²) >= 11 is 3.28. The number of halogens is 1. The van der Waals surface area contributed by atoms with Gasteiger partial charge in [0.25, 0.3) is 0 Å². The molecule has 0 saturated heterocycles. The molecule has 0 aliphatic carbocycles. The van der Waals surface area contributed by atoms with Crippen LogP contribution in [-0.4, -0.2) is 4.92 Å². The van der Waals surface area contributed by atoms with Crippen LogP contribution in [0.25, 0.3) is 0 Å². The van der Waals surface area contributed by atoms with Gasteiger partial charge >= 0.3 is 5.69 Å². The quantitative estimate of drug-likeness (QED) is 0.633. The minimum absolute atomic E-state index is 0.0808. The number of nitro groups is 1. The number of nitro benzene ring substituents is 1. The normalized spacial score (nSPS) is 12.0. The van der Waals surface area contributed by atoms with Gasteiger partial charge < -0.3 is 10.5 Å². The summed E-state index contributed by atoms with van der Waals surface area (Å²) in [5.41, 5.74) is 6.84. The molecule has 2 N–H and O–H groups in total. The average Bonchev–Trinajstić information content (AvgIpc) is 2.48. The van der Waals surface area contributed by atoms with Crippen molar-refractivity contribution in [1.82, 2.24) is 0 Å². The summed E-state index contributed by atoms with van der Waals surface area (Å²) in [6, 6.07) is 11.9. The molecule has 21 heavy (non-hydrogen) atoms. The van der Waals surface area contributed by atoms with Gasteiger partial charge in [-0.3, -0.25) is 10.1 Å². The smallest absolute Gasteiger partial charge is 0.312 e. The number of hydrogen-bond donors (Lipinski definition) is 1. The van der Waals surface area contributed by atoms with E-state index in [1.165, 1.54) is 6.07 Å². The first kappa shape index (κ1) is 15.5. The van der Waals surface area contributed by atoms with Gasteiger partial charge in [0.1, 0.15) is 5.75 Å². The van der Waals surface area contributed by atoms with E-state index in [0.29, 0.717) is 10.2 Å². The molecule has 0 aliphatic heterocycles. The van der Waals surface area contributed by atoms with Gasteiger partial charge in [0, 0.05) is 12.1 Å². The van der Waals surface area contributed by atoms with Crippen LogP contribution in [0.3, 0.4) is 0 Å². The van der Waals surface area contributed by atoms with Crippen LogP contribution in [0.15, 0.2) is 46.9 Å². The number of hydrogen-bond acceptors (Lipinski definition) is 4. The Morgan fingerprint density at radius 2 is 2.05 bits per heavy atom. The van der Waals surface area contributed by atoms with Crippen LogP contribution in [0.2, 0.25) is 0 Å². The van der Waals surface area contributed by atoms with Crippen molar-refractivity contribution in [3.63, 3.8) is 0 Å². The van der Waals surface area contributed by atoms with Crippen LogP contribution in [0.5, 0.6) is 11.5 Å². The fraction of sp³-hybridized carbons (Fsp3) is 0.200. The number of nitrogens with two attached hydrogens (primary N) is 1. The zero-order valence-corrected chi connectivity index (χ0v) is 13.0. The van der Waals surface area contributed by atoms with Crippen LogP contribution in [0, 0.1) is 10.1 Å². The number of para-hydroxylation sites is 1. The Kier molecular flexibility index (Phi) is 4.93. The van der Waals surface area contributed by atoms with Gasteiger partial charge in [-0.05, 0) is 46.1 Å². The third kappa shape index (κ3) is 3.59. The summed E-state index contributed by atoms with van der Waals surface area (Å²) in [7, 11) is 0. The first-order valence-corrected chi connectivity index (χ1v) is 7.28. The molecule has 0 radical (unpaired) electrons. The minimum atomic E-state index is -0.471. The van der Waals surface area contributed by atoms with E-state index >= 15 is 0 Å². The maximum atomic E-state index is 11.1. The first-order chi connectivity index (χ1) is 10.0. The lowest BCUT2D eigenvalue weighted by molar-refractivity contribution is -0.385. The number of benzene rings is 2. The monoisotopic (exact) mass is 350 g/mol. The molecule has 0 aromatic heterocycles. The second-order valence-corrected chi connectivity index (χ2v) is 5.39. The Labute approximate surface area is 131 Å². The summed E-state index contributed by atoms with van der Waals surface area (Å²) in [4.78, 5) is 10.6.